The number of hydrogen-bond donors (Lipinski definition) is 1. The molecule has 7 heteroatoms. The predicted molar refractivity (Wildman–Crippen MR) is 183 cm³/mol. The minimum Gasteiger partial charge on any atom is -0.369 e. The van der Waals surface area contributed by atoms with Crippen LogP contribution in [0.1, 0.15) is 121 Å². The molecule has 1 unspecified atom stereocenters. The van der Waals surface area contributed by atoms with Crippen LogP contribution in [0.3, 0.4) is 0 Å². The van der Waals surface area contributed by atoms with Gasteiger partial charge in [-0.15, -0.1) is 0 Å². The van der Waals surface area contributed by atoms with Gasteiger partial charge in [0.05, 0.1) is 5.60 Å². The first-order valence-corrected chi connectivity index (χ1v) is 16.6. The van der Waals surface area contributed by atoms with Crippen LogP contribution < -0.4 is 10.4 Å². The van der Waals surface area contributed by atoms with Crippen LogP contribution in [0.4, 0.5) is 5.69 Å². The van der Waals surface area contributed by atoms with E-state index < -0.39 is 0 Å². The van der Waals surface area contributed by atoms with Gasteiger partial charge in [0, 0.05) is 50.5 Å². The van der Waals surface area contributed by atoms with E-state index in [1.165, 1.54) is 16.8 Å². The van der Waals surface area contributed by atoms with E-state index in [0.29, 0.717) is 11.6 Å². The largest absolute Gasteiger partial charge is 0.369 e. The highest BCUT2D eigenvalue weighted by atomic mass is 16.7. The van der Waals surface area contributed by atoms with E-state index in [1.807, 2.05) is 46.9 Å². The minimum atomic E-state index is -0.316. The second-order valence-electron chi connectivity index (χ2n) is 11.3. The van der Waals surface area contributed by atoms with Crippen molar-refractivity contribution in [2.75, 3.05) is 38.1 Å². The summed E-state index contributed by atoms with van der Waals surface area (Å²) in [7, 11) is 1.84. The third-order valence-corrected chi connectivity index (χ3v) is 8.10. The van der Waals surface area contributed by atoms with Gasteiger partial charge in [0.2, 0.25) is 0 Å². The number of ketones is 1. The Kier molecular flexibility index (Phi) is 18.2. The fraction of sp³-hybridized carbons (Fsp3) is 0.639. The lowest BCUT2D eigenvalue weighted by molar-refractivity contribution is -0.134. The third kappa shape index (κ3) is 11.4. The molecule has 3 rings (SSSR count). The third-order valence-electron chi connectivity index (χ3n) is 8.10. The van der Waals surface area contributed by atoms with E-state index in [4.69, 9.17) is 4.84 Å². The van der Waals surface area contributed by atoms with E-state index in [9.17, 15) is 9.70 Å². The van der Waals surface area contributed by atoms with Crippen molar-refractivity contribution in [2.45, 2.75) is 119 Å². The van der Waals surface area contributed by atoms with E-state index in [-0.39, 0.29) is 23.8 Å². The number of anilines is 1. The molecule has 7 nitrogen and oxygen atoms in total. The lowest BCUT2D eigenvalue weighted by Crippen LogP contribution is -2.48. The van der Waals surface area contributed by atoms with Gasteiger partial charge in [-0.25, -0.2) is 5.48 Å². The molecule has 1 N–H and O–H groups in total. The molecule has 0 radical (unpaired) electrons. The fourth-order valence-corrected chi connectivity index (χ4v) is 5.96. The van der Waals surface area contributed by atoms with Crippen LogP contribution in [0, 0.1) is 4.91 Å². The number of Topliss-reactive ketones (excluding diaryl/α,β-unsaturated/α-hetero) is 1. The number of nitroso groups, excluding NO2 is 1. The Morgan fingerprint density at radius 3 is 2.16 bits per heavy atom. The Bertz CT molecular complexity index is 1060. The van der Waals surface area contributed by atoms with Gasteiger partial charge >= 0.3 is 0 Å². The van der Waals surface area contributed by atoms with Crippen molar-refractivity contribution in [3.63, 3.8) is 0 Å². The topological polar surface area (TPSA) is 74.2 Å². The van der Waals surface area contributed by atoms with Gasteiger partial charge in [-0.05, 0) is 74.6 Å². The summed E-state index contributed by atoms with van der Waals surface area (Å²) < 4.78 is 0. The second kappa shape index (κ2) is 20.4. The summed E-state index contributed by atoms with van der Waals surface area (Å²) in [6, 6.07) is 15.1. The molecule has 0 saturated carbocycles. The Hall–Kier alpha value is -2.61. The molecule has 43 heavy (non-hydrogen) atoms. The zero-order valence-electron chi connectivity index (χ0n) is 28.8. The summed E-state index contributed by atoms with van der Waals surface area (Å²) in [5.74, 6) is 0.0235. The molecule has 0 aromatic heterocycles. The molecule has 1 heterocycles. The van der Waals surface area contributed by atoms with Crippen molar-refractivity contribution in [3.05, 3.63) is 69.6 Å². The number of hydrogen-bond acceptors (Lipinski definition) is 7. The Balaban J connectivity index is 0.00000221. The van der Waals surface area contributed by atoms with Gasteiger partial charge < -0.3 is 4.90 Å². The van der Waals surface area contributed by atoms with Crippen LogP contribution >= 0.6 is 0 Å². The van der Waals surface area contributed by atoms with Crippen LogP contribution in [0.25, 0.3) is 0 Å². The van der Waals surface area contributed by atoms with Gasteiger partial charge in [-0.2, -0.15) is 4.91 Å². The maximum atomic E-state index is 11.9. The fourth-order valence-electron chi connectivity index (χ4n) is 5.96. The minimum absolute atomic E-state index is 0.239. The lowest BCUT2D eigenvalue weighted by atomic mass is 9.80. The quantitative estimate of drug-likeness (QED) is 0.126. The van der Waals surface area contributed by atoms with Gasteiger partial charge in [-0.1, -0.05) is 90.0 Å². The van der Waals surface area contributed by atoms with E-state index >= 15 is 0 Å². The summed E-state index contributed by atoms with van der Waals surface area (Å²) in [5.41, 5.74) is 8.63. The zero-order valence-corrected chi connectivity index (χ0v) is 28.8. The number of carbonyl (C=O) groups excluding carboxylic acids is 1. The predicted octanol–water partition coefficient (Wildman–Crippen LogP) is 8.55. The summed E-state index contributed by atoms with van der Waals surface area (Å²) in [6.45, 7) is 23.0. The Morgan fingerprint density at radius 2 is 1.65 bits per heavy atom. The number of likely N-dealkylation sites (tertiary alicyclic amines) is 1. The first-order chi connectivity index (χ1) is 20.8. The van der Waals surface area contributed by atoms with E-state index in [0.717, 1.165) is 63.8 Å². The maximum absolute atomic E-state index is 11.9. The van der Waals surface area contributed by atoms with Crippen LogP contribution in [-0.2, 0) is 17.8 Å². The summed E-state index contributed by atoms with van der Waals surface area (Å²) in [4.78, 5) is 33.6. The zero-order chi connectivity index (χ0) is 32.4. The highest BCUT2D eigenvalue weighted by Crippen LogP contribution is 2.36. The number of nitrogens with zero attached hydrogens (tertiary/aromatic N) is 3. The Morgan fingerprint density at radius 1 is 1.02 bits per heavy atom. The molecule has 1 aliphatic heterocycles. The molecule has 0 spiro atoms. The highest BCUT2D eigenvalue weighted by molar-refractivity contribution is 5.97. The molecule has 1 fully saturated rings. The average molecular weight is 597 g/mol. The maximum Gasteiger partial charge on any atom is 0.187 e. The van der Waals surface area contributed by atoms with Crippen molar-refractivity contribution in [1.82, 2.24) is 10.4 Å². The smallest absolute Gasteiger partial charge is 0.187 e. The molecule has 1 atom stereocenters. The second-order valence-corrected chi connectivity index (χ2v) is 11.3. The summed E-state index contributed by atoms with van der Waals surface area (Å²) >= 11 is 0. The molecule has 0 aliphatic carbocycles. The number of nitrogens with one attached hydrogen (secondary N) is 1. The van der Waals surface area contributed by atoms with Crippen LogP contribution in [0.5, 0.6) is 0 Å². The molecule has 1 aliphatic rings. The highest BCUT2D eigenvalue weighted by Gasteiger charge is 2.37. The molecule has 0 bridgehead atoms. The van der Waals surface area contributed by atoms with Crippen LogP contribution in [-0.4, -0.2) is 55.6 Å². The molecule has 2 aromatic carbocycles. The number of carbonyl (C=O) groups is 1. The first kappa shape index (κ1) is 38.4. The lowest BCUT2D eigenvalue weighted by Gasteiger charge is -2.42. The van der Waals surface area contributed by atoms with Crippen LogP contribution in [0.2, 0.25) is 0 Å². The Labute approximate surface area is 262 Å². The monoisotopic (exact) mass is 596 g/mol. The summed E-state index contributed by atoms with van der Waals surface area (Å²) in [5, 5.41) is 2.71. The van der Waals surface area contributed by atoms with Crippen molar-refractivity contribution in [2.24, 2.45) is 5.18 Å². The van der Waals surface area contributed by atoms with Gasteiger partial charge in [0.25, 0.3) is 0 Å². The number of hydroxylamine groups is 1. The average Bonchev–Trinajstić information content (AvgIpc) is 3.03. The molecule has 1 saturated heterocycles. The number of benzene rings is 2. The molecule has 2 aromatic rings. The van der Waals surface area contributed by atoms with E-state index in [2.05, 4.69) is 73.3 Å². The molecule has 242 valence electrons. The van der Waals surface area contributed by atoms with E-state index in [1.54, 1.807) is 12.1 Å². The molecular formula is C36H60N4O3. The molecular weight excluding hydrogens is 536 g/mol. The first-order valence-electron chi connectivity index (χ1n) is 16.6. The van der Waals surface area contributed by atoms with Crippen molar-refractivity contribution < 1.29 is 9.63 Å². The van der Waals surface area contributed by atoms with Crippen molar-refractivity contribution in [3.8, 4) is 0 Å². The number of piperidine rings is 1. The number of rotatable bonds is 15. The van der Waals surface area contributed by atoms with Crippen molar-refractivity contribution >= 4 is 11.5 Å². The standard InChI is InChI=1S/C32H48N4O3.2C2H6/c1-7-17-36(24(3)4)30-14-9-26(20-27(30)8-2)23-35-18-15-32(16-19-35,39-33-6)21-25(5)28-10-12-29(13-11-28)31(37)22-34-38;2*1-2/h9-14,20,24-25,33H,7-8,15-19,21-23H2,1-6H3;2*1-2H3. The van der Waals surface area contributed by atoms with Crippen molar-refractivity contribution in [1.29, 1.82) is 0 Å². The van der Waals surface area contributed by atoms with Gasteiger partial charge in [0.1, 0.15) is 6.54 Å². The van der Waals surface area contributed by atoms with Crippen LogP contribution in [0.15, 0.2) is 47.6 Å². The summed E-state index contributed by atoms with van der Waals surface area (Å²) in [6.07, 6.45) is 4.99. The SMILES string of the molecule is CC.CC.CCCN(c1ccc(CN2CCC(CC(C)c3ccc(C(=O)CN=O)cc3)(ONC)CC2)cc1CC)C(C)C. The normalized spacial score (nSPS) is 15.0. The van der Waals surface area contributed by atoms with Gasteiger partial charge in [-0.3, -0.25) is 14.5 Å². The molecule has 0 amide bonds. The van der Waals surface area contributed by atoms with Gasteiger partial charge in [0.15, 0.2) is 5.78 Å². The number of aryl methyl sites for hydroxylation is 1.